The number of aliphatic hydroxyl groups excluding tert-OH is 1. The Morgan fingerprint density at radius 3 is 2.71 bits per heavy atom. The van der Waals surface area contributed by atoms with Gasteiger partial charge in [0.15, 0.2) is 0 Å². The molecule has 0 aromatic heterocycles. The molecule has 1 unspecified atom stereocenters. The summed E-state index contributed by atoms with van der Waals surface area (Å²) in [6.07, 6.45) is -0.613. The first-order valence-corrected chi connectivity index (χ1v) is 4.49. The van der Waals surface area contributed by atoms with E-state index in [1.165, 1.54) is 0 Å². The van der Waals surface area contributed by atoms with Crippen LogP contribution in [0.2, 0.25) is 0 Å². The molecule has 0 spiro atoms. The number of aliphatic hydroxyl groups is 1. The van der Waals surface area contributed by atoms with Gasteiger partial charge in [0.1, 0.15) is 11.9 Å². The molecule has 1 N–H and O–H groups in total. The lowest BCUT2D eigenvalue weighted by atomic mass is 9.99. The van der Waals surface area contributed by atoms with E-state index in [9.17, 15) is 9.90 Å². The molecule has 0 amide bonds. The minimum Gasteiger partial charge on any atom is -0.389 e. The van der Waals surface area contributed by atoms with E-state index >= 15 is 0 Å². The van der Waals surface area contributed by atoms with Crippen molar-refractivity contribution in [3.8, 4) is 0 Å². The third-order valence-corrected chi connectivity index (χ3v) is 2.26. The van der Waals surface area contributed by atoms with Crippen LogP contribution in [0.5, 0.6) is 0 Å². The fourth-order valence-corrected chi connectivity index (χ4v) is 1.45. The monoisotopic (exact) mass is 214 g/mol. The van der Waals surface area contributed by atoms with Gasteiger partial charge in [-0.3, -0.25) is 0 Å². The quantitative estimate of drug-likeness (QED) is 0.822. The third kappa shape index (κ3) is 2.05. The van der Waals surface area contributed by atoms with E-state index in [0.717, 1.165) is 0 Å². The van der Waals surface area contributed by atoms with Gasteiger partial charge < -0.3 is 9.40 Å². The van der Waals surface area contributed by atoms with Gasteiger partial charge in [-0.25, -0.2) is 4.79 Å². The van der Waals surface area contributed by atoms with E-state index in [1.807, 2.05) is 0 Å². The zero-order chi connectivity index (χ0) is 10.7. The second-order valence-corrected chi connectivity index (χ2v) is 3.21. The maximum Gasteiger partial charge on any atom is 0.356 e. The summed E-state index contributed by atoms with van der Waals surface area (Å²) in [5.74, 6) is -0.605. The average Bonchev–Trinajstić information content (AvgIpc) is 2.16. The van der Waals surface area contributed by atoms with Crippen LogP contribution < -0.4 is 0 Å². The molecule has 0 bridgehead atoms. The van der Waals surface area contributed by atoms with Crippen molar-refractivity contribution in [2.75, 3.05) is 0 Å². The summed E-state index contributed by atoms with van der Waals surface area (Å²) in [6.45, 7) is 3.38. The highest BCUT2D eigenvalue weighted by atomic mass is 35.5. The zero-order valence-electron chi connectivity index (χ0n) is 7.95. The summed E-state index contributed by atoms with van der Waals surface area (Å²) in [6, 6.07) is 5.04. The van der Waals surface area contributed by atoms with Crippen LogP contribution in [0.25, 0.3) is 0 Å². The Hall–Kier alpha value is -1.06. The largest absolute Gasteiger partial charge is 0.389 e. The fourth-order valence-electron chi connectivity index (χ4n) is 1.37. The van der Waals surface area contributed by atoms with Gasteiger partial charge in [0, 0.05) is 0 Å². The van der Waals surface area contributed by atoms with Crippen LogP contribution >= 0.6 is 11.9 Å². The molecule has 0 saturated heterocycles. The highest BCUT2D eigenvalue weighted by Gasteiger charge is 2.14. The Kier molecular flexibility index (Phi) is 3.49. The van der Waals surface area contributed by atoms with Crippen LogP contribution in [0.15, 0.2) is 18.2 Å². The molecule has 3 nitrogen and oxygen atoms in total. The number of hydrogen-bond donors (Lipinski definition) is 1. The Morgan fingerprint density at radius 2 is 2.21 bits per heavy atom. The molecule has 0 heterocycles. The summed E-state index contributed by atoms with van der Waals surface area (Å²) >= 11 is 4.98. The molecule has 1 rings (SSSR count). The van der Waals surface area contributed by atoms with Crippen LogP contribution in [-0.4, -0.2) is 11.1 Å². The van der Waals surface area contributed by atoms with Crippen molar-refractivity contribution >= 4 is 17.8 Å². The molecule has 14 heavy (non-hydrogen) atoms. The van der Waals surface area contributed by atoms with E-state index in [1.54, 1.807) is 32.0 Å². The van der Waals surface area contributed by atoms with Gasteiger partial charge in [-0.2, -0.15) is 0 Å². The summed E-state index contributed by atoms with van der Waals surface area (Å²) in [5.41, 5.74) is 1.76. The minimum absolute atomic E-state index is 0.374. The number of hydrogen-bond acceptors (Lipinski definition) is 3. The molecular formula is C10H11ClO3. The Bertz CT molecular complexity index is 347. The van der Waals surface area contributed by atoms with Crippen LogP contribution in [0.3, 0.4) is 0 Å². The van der Waals surface area contributed by atoms with Gasteiger partial charge in [-0.05, 0) is 31.0 Å². The molecule has 0 aliphatic carbocycles. The lowest BCUT2D eigenvalue weighted by Crippen LogP contribution is -2.05. The topological polar surface area (TPSA) is 46.5 Å². The van der Waals surface area contributed by atoms with E-state index < -0.39 is 12.1 Å². The van der Waals surface area contributed by atoms with Crippen molar-refractivity contribution < 1.29 is 14.2 Å². The van der Waals surface area contributed by atoms with Gasteiger partial charge in [-0.1, -0.05) is 12.1 Å². The Labute approximate surface area is 87.4 Å². The number of benzene rings is 1. The van der Waals surface area contributed by atoms with Crippen molar-refractivity contribution in [2.45, 2.75) is 20.0 Å². The highest BCUT2D eigenvalue weighted by molar-refractivity contribution is 6.16. The van der Waals surface area contributed by atoms with E-state index in [0.29, 0.717) is 16.7 Å². The first kappa shape index (κ1) is 11.0. The van der Waals surface area contributed by atoms with E-state index in [4.69, 9.17) is 11.9 Å². The Balaban J connectivity index is 3.20. The fraction of sp³-hybridized carbons (Fsp3) is 0.300. The molecule has 1 atom stereocenters. The lowest BCUT2D eigenvalue weighted by molar-refractivity contribution is 0.0750. The van der Waals surface area contributed by atoms with Gasteiger partial charge in [0.05, 0.1) is 11.7 Å². The van der Waals surface area contributed by atoms with Crippen molar-refractivity contribution in [2.24, 2.45) is 0 Å². The molecule has 0 aliphatic heterocycles. The second-order valence-electron chi connectivity index (χ2n) is 3.06. The molecule has 0 aliphatic rings. The van der Waals surface area contributed by atoms with Crippen molar-refractivity contribution in [1.29, 1.82) is 0 Å². The van der Waals surface area contributed by atoms with Gasteiger partial charge in [0.25, 0.3) is 0 Å². The maximum absolute atomic E-state index is 11.2. The van der Waals surface area contributed by atoms with Gasteiger partial charge >= 0.3 is 5.97 Å². The van der Waals surface area contributed by atoms with Crippen LogP contribution in [-0.2, 0) is 4.29 Å². The zero-order valence-corrected chi connectivity index (χ0v) is 8.71. The molecule has 4 heteroatoms. The molecule has 1 aromatic carbocycles. The summed E-state index contributed by atoms with van der Waals surface area (Å²) < 4.78 is 4.10. The van der Waals surface area contributed by atoms with Gasteiger partial charge in [-0.15, -0.1) is 0 Å². The predicted molar refractivity (Wildman–Crippen MR) is 53.1 cm³/mol. The molecule has 0 saturated carbocycles. The third-order valence-electron chi connectivity index (χ3n) is 2.12. The lowest BCUT2D eigenvalue weighted by Gasteiger charge is -2.10. The first-order chi connectivity index (χ1) is 6.57. The SMILES string of the molecule is Cc1c(C(=O)OCl)cccc1C(C)O. The highest BCUT2D eigenvalue weighted by Crippen LogP contribution is 2.21. The van der Waals surface area contributed by atoms with E-state index in [-0.39, 0.29) is 0 Å². The summed E-state index contributed by atoms with van der Waals surface area (Å²) in [7, 11) is 0. The number of rotatable bonds is 2. The van der Waals surface area contributed by atoms with Crippen LogP contribution in [0.4, 0.5) is 0 Å². The first-order valence-electron chi connectivity index (χ1n) is 4.18. The van der Waals surface area contributed by atoms with E-state index in [2.05, 4.69) is 4.29 Å². The number of carbonyl (C=O) groups is 1. The second kappa shape index (κ2) is 4.44. The van der Waals surface area contributed by atoms with Gasteiger partial charge in [0.2, 0.25) is 0 Å². The van der Waals surface area contributed by atoms with Crippen LogP contribution in [0.1, 0.15) is 34.5 Å². The maximum atomic E-state index is 11.2. The molecule has 0 fully saturated rings. The van der Waals surface area contributed by atoms with Crippen molar-refractivity contribution in [3.63, 3.8) is 0 Å². The standard InChI is InChI=1S/C10H11ClO3/c1-6-8(7(2)12)4-3-5-9(6)10(13)14-11/h3-5,7,12H,1-2H3. The number of carbonyl (C=O) groups excluding carboxylic acids is 1. The average molecular weight is 215 g/mol. The van der Waals surface area contributed by atoms with Crippen LogP contribution in [0, 0.1) is 6.92 Å². The molecule has 76 valence electrons. The molecule has 0 radical (unpaired) electrons. The smallest absolute Gasteiger partial charge is 0.356 e. The normalized spacial score (nSPS) is 12.3. The predicted octanol–water partition coefficient (Wildman–Crippen LogP) is 2.36. The number of halogens is 1. The minimum atomic E-state index is -0.613. The Morgan fingerprint density at radius 1 is 1.57 bits per heavy atom. The molecule has 1 aromatic rings. The van der Waals surface area contributed by atoms with Crippen molar-refractivity contribution in [3.05, 3.63) is 34.9 Å². The van der Waals surface area contributed by atoms with Crippen molar-refractivity contribution in [1.82, 2.24) is 0 Å². The molecular weight excluding hydrogens is 204 g/mol. The summed E-state index contributed by atoms with van der Waals surface area (Å²) in [5, 5.41) is 9.40. The summed E-state index contributed by atoms with van der Waals surface area (Å²) in [4.78, 5) is 11.2.